The highest BCUT2D eigenvalue weighted by Gasteiger charge is 2.56. The van der Waals surface area contributed by atoms with Crippen LogP contribution in [-0.2, 0) is 22.9 Å². The van der Waals surface area contributed by atoms with Gasteiger partial charge in [-0.3, -0.25) is 27.9 Å². The molecule has 4 heterocycles. The molecule has 2 saturated heterocycles. The Labute approximate surface area is 166 Å². The number of fused-ring (bicyclic) bond motifs is 2. The van der Waals surface area contributed by atoms with E-state index < -0.39 is 31.3 Å². The third kappa shape index (κ3) is 3.40. The highest BCUT2D eigenvalue weighted by Crippen LogP contribution is 2.61. The second-order valence-corrected chi connectivity index (χ2v) is 9.62. The van der Waals surface area contributed by atoms with Crippen LogP contribution in [0.4, 0.5) is 5.95 Å². The molecule has 2 aromatic heterocycles. The van der Waals surface area contributed by atoms with Crippen molar-refractivity contribution < 1.29 is 22.9 Å². The summed E-state index contributed by atoms with van der Waals surface area (Å²) in [7, 11) is -3.68. The zero-order valence-electron chi connectivity index (χ0n) is 16.1. The van der Waals surface area contributed by atoms with Crippen LogP contribution in [0.3, 0.4) is 0 Å². The average Bonchev–Trinajstić information content (AvgIpc) is 3.22. The maximum atomic E-state index is 13.1. The van der Waals surface area contributed by atoms with E-state index in [1.165, 1.54) is 12.7 Å². The van der Waals surface area contributed by atoms with Gasteiger partial charge < -0.3 is 10.5 Å². The average molecular weight is 425 g/mol. The Morgan fingerprint density at radius 1 is 1.38 bits per heavy atom. The molecule has 3 aliphatic rings. The van der Waals surface area contributed by atoms with Crippen LogP contribution in [0.15, 0.2) is 11.1 Å². The molecule has 2 aromatic rings. The Morgan fingerprint density at radius 3 is 2.97 bits per heavy atom. The zero-order chi connectivity index (χ0) is 20.2. The number of hydrogen-bond donors (Lipinski definition) is 2. The number of nitrogens with zero attached hydrogens (tertiary/aromatic N) is 3. The summed E-state index contributed by atoms with van der Waals surface area (Å²) >= 11 is 0. The van der Waals surface area contributed by atoms with Gasteiger partial charge in [-0.15, -0.1) is 0 Å². The van der Waals surface area contributed by atoms with Gasteiger partial charge in [0.25, 0.3) is 5.56 Å². The molecule has 0 amide bonds. The number of nitrogens with one attached hydrogen (secondary N) is 1. The fraction of sp³-hybridized carbons (Fsp3) is 0.706. The first-order valence-corrected chi connectivity index (χ1v) is 11.3. The molecule has 4 unspecified atom stereocenters. The van der Waals surface area contributed by atoms with Crippen molar-refractivity contribution in [2.75, 3.05) is 12.3 Å². The van der Waals surface area contributed by atoms with Crippen LogP contribution < -0.4 is 11.3 Å². The van der Waals surface area contributed by atoms with Crippen LogP contribution in [0.2, 0.25) is 0 Å². The second kappa shape index (κ2) is 6.88. The largest absolute Gasteiger partial charge is 0.475 e. The number of aromatic nitrogens is 4. The number of ether oxygens (including phenoxy) is 1. The number of nitrogens with two attached hydrogens (primary N) is 1. The summed E-state index contributed by atoms with van der Waals surface area (Å²) in [6.45, 7) is 1.94. The summed E-state index contributed by atoms with van der Waals surface area (Å²) in [6, 6.07) is 0. The van der Waals surface area contributed by atoms with Crippen molar-refractivity contribution in [3.63, 3.8) is 0 Å². The molecule has 3 N–H and O–H groups in total. The van der Waals surface area contributed by atoms with Crippen LogP contribution in [0, 0.1) is 0 Å². The van der Waals surface area contributed by atoms with Crippen LogP contribution in [0.25, 0.3) is 11.2 Å². The van der Waals surface area contributed by atoms with E-state index in [-0.39, 0.29) is 24.2 Å². The quantitative estimate of drug-likeness (QED) is 0.708. The van der Waals surface area contributed by atoms with E-state index in [2.05, 4.69) is 15.0 Å². The zero-order valence-corrected chi connectivity index (χ0v) is 17.0. The number of anilines is 1. The summed E-state index contributed by atoms with van der Waals surface area (Å²) in [5.41, 5.74) is 4.88. The molecule has 12 heteroatoms. The van der Waals surface area contributed by atoms with Crippen LogP contribution in [0.5, 0.6) is 0 Å². The minimum absolute atomic E-state index is 0.00385. The van der Waals surface area contributed by atoms with Crippen molar-refractivity contribution in [3.8, 4) is 0 Å². The monoisotopic (exact) mass is 425 g/mol. The van der Waals surface area contributed by atoms with Gasteiger partial charge in [0.05, 0.1) is 19.0 Å². The molecule has 0 bridgehead atoms. The molecule has 5 rings (SSSR count). The van der Waals surface area contributed by atoms with Gasteiger partial charge in [-0.05, 0) is 19.8 Å². The fourth-order valence-corrected chi connectivity index (χ4v) is 6.09. The van der Waals surface area contributed by atoms with E-state index in [0.29, 0.717) is 12.1 Å². The lowest BCUT2D eigenvalue weighted by Crippen LogP contribution is -2.44. The Bertz CT molecular complexity index is 1030. The SMILES string of the molecule is CC12CC(n3cnc4c(=O)[nH]c(N)nc43)OC1COP(=O)(OC1CCCCC1)O2. The third-order valence-corrected chi connectivity index (χ3v) is 7.54. The van der Waals surface area contributed by atoms with Gasteiger partial charge >= 0.3 is 7.82 Å². The topological polar surface area (TPSA) is 144 Å². The van der Waals surface area contributed by atoms with Crippen LogP contribution in [-0.4, -0.2) is 43.9 Å². The van der Waals surface area contributed by atoms with Gasteiger partial charge in [0.15, 0.2) is 11.2 Å². The second-order valence-electron chi connectivity index (χ2n) is 8.07. The summed E-state index contributed by atoms with van der Waals surface area (Å²) in [4.78, 5) is 22.7. The summed E-state index contributed by atoms with van der Waals surface area (Å²) in [5, 5.41) is 0. The maximum absolute atomic E-state index is 13.1. The highest BCUT2D eigenvalue weighted by atomic mass is 31.2. The van der Waals surface area contributed by atoms with Gasteiger partial charge in [0, 0.05) is 6.42 Å². The molecule has 3 fully saturated rings. The first-order valence-electron chi connectivity index (χ1n) is 9.87. The van der Waals surface area contributed by atoms with E-state index in [0.717, 1.165) is 25.7 Å². The van der Waals surface area contributed by atoms with E-state index in [9.17, 15) is 9.36 Å². The van der Waals surface area contributed by atoms with Crippen LogP contribution in [0.1, 0.15) is 51.7 Å². The summed E-state index contributed by atoms with van der Waals surface area (Å²) in [6.07, 6.45) is 5.78. The number of phosphoric acid groups is 1. The van der Waals surface area contributed by atoms with Gasteiger partial charge in [-0.25, -0.2) is 9.55 Å². The molecule has 29 heavy (non-hydrogen) atoms. The molecule has 0 spiro atoms. The summed E-state index contributed by atoms with van der Waals surface area (Å²) in [5.74, 6) is -0.00385. The molecule has 4 atom stereocenters. The Hall–Kier alpha value is -1.78. The van der Waals surface area contributed by atoms with Gasteiger partial charge in [-0.1, -0.05) is 19.3 Å². The lowest BCUT2D eigenvalue weighted by molar-refractivity contribution is -0.111. The molecule has 0 radical (unpaired) electrons. The molecule has 158 valence electrons. The lowest BCUT2D eigenvalue weighted by atomic mass is 9.98. The molecular weight excluding hydrogens is 401 g/mol. The number of aromatic amines is 1. The van der Waals surface area contributed by atoms with E-state index in [1.807, 2.05) is 6.92 Å². The van der Waals surface area contributed by atoms with Crippen LogP contribution >= 0.6 is 7.82 Å². The number of hydrogen-bond acceptors (Lipinski definition) is 9. The normalized spacial score (nSPS) is 35.8. The van der Waals surface area contributed by atoms with Gasteiger partial charge in [0.1, 0.15) is 17.9 Å². The first-order chi connectivity index (χ1) is 13.9. The molecule has 2 aliphatic heterocycles. The molecule has 0 aromatic carbocycles. The van der Waals surface area contributed by atoms with Gasteiger partial charge in [0.2, 0.25) is 5.95 Å². The number of phosphoric ester groups is 1. The minimum atomic E-state index is -3.68. The maximum Gasteiger partial charge on any atom is 0.475 e. The highest BCUT2D eigenvalue weighted by molar-refractivity contribution is 7.48. The number of rotatable bonds is 3. The first kappa shape index (κ1) is 19.2. The number of nitrogen functional groups attached to an aromatic ring is 1. The molecule has 1 saturated carbocycles. The summed E-state index contributed by atoms with van der Waals surface area (Å²) < 4.78 is 38.1. The van der Waals surface area contributed by atoms with E-state index in [1.54, 1.807) is 4.57 Å². The number of H-pyrrole nitrogens is 1. The predicted molar refractivity (Wildman–Crippen MR) is 102 cm³/mol. The van der Waals surface area contributed by atoms with Crippen molar-refractivity contribution >= 4 is 24.9 Å². The van der Waals surface area contributed by atoms with Crippen molar-refractivity contribution in [1.82, 2.24) is 19.5 Å². The van der Waals surface area contributed by atoms with E-state index in [4.69, 9.17) is 24.0 Å². The number of imidazole rings is 1. The fourth-order valence-electron chi connectivity index (χ4n) is 4.33. The van der Waals surface area contributed by atoms with Crippen molar-refractivity contribution in [3.05, 3.63) is 16.7 Å². The van der Waals surface area contributed by atoms with Crippen molar-refractivity contribution in [2.24, 2.45) is 0 Å². The predicted octanol–water partition coefficient (Wildman–Crippen LogP) is 2.25. The minimum Gasteiger partial charge on any atom is -0.369 e. The molecule has 11 nitrogen and oxygen atoms in total. The smallest absolute Gasteiger partial charge is 0.369 e. The Balaban J connectivity index is 1.38. The lowest BCUT2D eigenvalue weighted by Gasteiger charge is -2.38. The molecule has 1 aliphatic carbocycles. The Kier molecular flexibility index (Phi) is 4.56. The molecular formula is C17H24N5O6P. The van der Waals surface area contributed by atoms with Crippen molar-refractivity contribution in [1.29, 1.82) is 0 Å². The van der Waals surface area contributed by atoms with Crippen molar-refractivity contribution in [2.45, 2.75) is 69.5 Å². The standard InChI is InChI=1S/C17H24N5O6P/c1-17-7-12(22-9-19-13-14(22)20-16(18)21-15(13)23)26-11(17)8-25-29(24,28-17)27-10-5-3-2-4-6-10/h9-12H,2-8H2,1H3,(H3,18,20,21,23). The Morgan fingerprint density at radius 2 is 2.17 bits per heavy atom. The van der Waals surface area contributed by atoms with E-state index >= 15 is 0 Å². The van der Waals surface area contributed by atoms with Gasteiger partial charge in [-0.2, -0.15) is 4.98 Å². The third-order valence-electron chi connectivity index (χ3n) is 5.88.